The molecule has 2 aromatic heterocycles. The van der Waals surface area contributed by atoms with Crippen molar-refractivity contribution >= 4 is 45.6 Å². The van der Waals surface area contributed by atoms with Gasteiger partial charge >= 0.3 is 0 Å². The number of ether oxygens (including phenoxy) is 2. The number of carbonyl (C=O) groups is 1. The number of nitrogens with one attached hydrogen (secondary N) is 2. The first-order valence-electron chi connectivity index (χ1n) is 13.1. The minimum atomic E-state index is -0.334. The SMILES string of the molecule is C=CC(=O)Nc1cc2c(Nc3ccc(OCc4ccccn4)c(Cl)c3)ncnc2cc1OCC[C@H]1CCCN1C. The Labute approximate surface area is 238 Å². The van der Waals surface area contributed by atoms with Crippen molar-refractivity contribution in [3.8, 4) is 11.5 Å². The molecule has 5 rings (SSSR count). The molecule has 1 aliphatic rings. The third-order valence-corrected chi connectivity index (χ3v) is 7.15. The fourth-order valence-corrected chi connectivity index (χ4v) is 4.94. The van der Waals surface area contributed by atoms with E-state index in [2.05, 4.69) is 44.1 Å². The minimum absolute atomic E-state index is 0.310. The average Bonchev–Trinajstić information content (AvgIpc) is 3.38. The van der Waals surface area contributed by atoms with Gasteiger partial charge in [0.1, 0.15) is 30.3 Å². The highest BCUT2D eigenvalue weighted by molar-refractivity contribution is 6.32. The fraction of sp³-hybridized carbons (Fsp3) is 0.267. The predicted molar refractivity (Wildman–Crippen MR) is 157 cm³/mol. The number of anilines is 3. The number of halogens is 1. The summed E-state index contributed by atoms with van der Waals surface area (Å²) in [6, 6.07) is 15.2. The number of nitrogens with zero attached hydrogens (tertiary/aromatic N) is 4. The number of carbonyl (C=O) groups excluding carboxylic acids is 1. The molecule has 9 nitrogen and oxygen atoms in total. The fourth-order valence-electron chi connectivity index (χ4n) is 4.70. The second-order valence-corrected chi connectivity index (χ2v) is 9.98. The van der Waals surface area contributed by atoms with Crippen molar-refractivity contribution in [3.63, 3.8) is 0 Å². The van der Waals surface area contributed by atoms with Gasteiger partial charge in [0.15, 0.2) is 0 Å². The van der Waals surface area contributed by atoms with Crippen molar-refractivity contribution in [2.24, 2.45) is 0 Å². The lowest BCUT2D eigenvalue weighted by Crippen LogP contribution is -2.26. The van der Waals surface area contributed by atoms with Crippen LogP contribution in [-0.4, -0.2) is 52.0 Å². The third kappa shape index (κ3) is 6.67. The Bertz CT molecular complexity index is 1500. The summed E-state index contributed by atoms with van der Waals surface area (Å²) in [5.74, 6) is 1.31. The molecule has 10 heteroatoms. The van der Waals surface area contributed by atoms with E-state index in [9.17, 15) is 4.79 Å². The van der Waals surface area contributed by atoms with Crippen molar-refractivity contribution in [2.75, 3.05) is 30.8 Å². The van der Waals surface area contributed by atoms with Gasteiger partial charge in [-0.2, -0.15) is 0 Å². The molecule has 1 saturated heterocycles. The molecule has 2 N–H and O–H groups in total. The molecule has 4 aromatic rings. The smallest absolute Gasteiger partial charge is 0.247 e. The number of hydrogen-bond donors (Lipinski definition) is 2. The van der Waals surface area contributed by atoms with Crippen molar-refractivity contribution < 1.29 is 14.3 Å². The Hall–Kier alpha value is -4.21. The van der Waals surface area contributed by atoms with Crippen LogP contribution in [0.4, 0.5) is 17.2 Å². The first kappa shape index (κ1) is 27.4. The second-order valence-electron chi connectivity index (χ2n) is 9.57. The lowest BCUT2D eigenvalue weighted by molar-refractivity contribution is -0.111. The summed E-state index contributed by atoms with van der Waals surface area (Å²) >= 11 is 6.51. The van der Waals surface area contributed by atoms with E-state index in [1.807, 2.05) is 36.4 Å². The van der Waals surface area contributed by atoms with E-state index in [1.165, 1.54) is 25.2 Å². The van der Waals surface area contributed by atoms with Crippen molar-refractivity contribution in [2.45, 2.75) is 31.9 Å². The van der Waals surface area contributed by atoms with Crippen LogP contribution in [0.15, 0.2) is 73.7 Å². The quantitative estimate of drug-likeness (QED) is 0.216. The number of fused-ring (bicyclic) bond motifs is 1. The molecule has 2 aromatic carbocycles. The van der Waals surface area contributed by atoms with Crippen LogP contribution in [0.1, 0.15) is 25.0 Å². The van der Waals surface area contributed by atoms with E-state index in [0.29, 0.717) is 63.9 Å². The highest BCUT2D eigenvalue weighted by Crippen LogP contribution is 2.35. The molecule has 0 saturated carbocycles. The minimum Gasteiger partial charge on any atom is -0.491 e. The molecule has 1 atom stereocenters. The Morgan fingerprint density at radius 1 is 1.15 bits per heavy atom. The van der Waals surface area contributed by atoms with E-state index >= 15 is 0 Å². The summed E-state index contributed by atoms with van der Waals surface area (Å²) in [7, 11) is 2.14. The summed E-state index contributed by atoms with van der Waals surface area (Å²) in [6.45, 7) is 5.52. The van der Waals surface area contributed by atoms with Gasteiger partial charge in [-0.1, -0.05) is 24.2 Å². The van der Waals surface area contributed by atoms with Gasteiger partial charge in [-0.25, -0.2) is 9.97 Å². The predicted octanol–water partition coefficient (Wildman–Crippen LogP) is 5.99. The second kappa shape index (κ2) is 12.8. The van der Waals surface area contributed by atoms with Gasteiger partial charge < -0.3 is 25.0 Å². The van der Waals surface area contributed by atoms with Crippen LogP contribution < -0.4 is 20.1 Å². The van der Waals surface area contributed by atoms with Gasteiger partial charge in [-0.05, 0) is 75.3 Å². The van der Waals surface area contributed by atoms with E-state index in [1.54, 1.807) is 18.3 Å². The van der Waals surface area contributed by atoms with E-state index in [4.69, 9.17) is 21.1 Å². The Kier molecular flexibility index (Phi) is 8.73. The molecule has 1 amide bonds. The molecule has 40 heavy (non-hydrogen) atoms. The summed E-state index contributed by atoms with van der Waals surface area (Å²) in [5.41, 5.74) is 2.71. The van der Waals surface area contributed by atoms with Gasteiger partial charge in [0.25, 0.3) is 0 Å². The number of amides is 1. The molecule has 1 aliphatic heterocycles. The maximum Gasteiger partial charge on any atom is 0.247 e. The van der Waals surface area contributed by atoms with Gasteiger partial charge in [0, 0.05) is 29.4 Å². The molecule has 0 bridgehead atoms. The lowest BCUT2D eigenvalue weighted by atomic mass is 10.1. The highest BCUT2D eigenvalue weighted by atomic mass is 35.5. The summed E-state index contributed by atoms with van der Waals surface area (Å²) < 4.78 is 12.0. The topological polar surface area (TPSA) is 102 Å². The Balaban J connectivity index is 1.35. The average molecular weight is 559 g/mol. The monoisotopic (exact) mass is 558 g/mol. The van der Waals surface area contributed by atoms with E-state index < -0.39 is 0 Å². The molecule has 0 spiro atoms. The molecule has 0 unspecified atom stereocenters. The lowest BCUT2D eigenvalue weighted by Gasteiger charge is -2.20. The van der Waals surface area contributed by atoms with Crippen LogP contribution in [0.25, 0.3) is 10.9 Å². The third-order valence-electron chi connectivity index (χ3n) is 6.86. The number of pyridine rings is 1. The number of hydrogen-bond acceptors (Lipinski definition) is 8. The maximum absolute atomic E-state index is 12.2. The van der Waals surface area contributed by atoms with E-state index in [0.717, 1.165) is 18.7 Å². The normalized spacial score (nSPS) is 15.1. The van der Waals surface area contributed by atoms with Crippen LogP contribution in [-0.2, 0) is 11.4 Å². The zero-order valence-corrected chi connectivity index (χ0v) is 23.0. The zero-order chi connectivity index (χ0) is 27.9. The standard InChI is InChI=1S/C30H31ClN6O3/c1-3-29(38)36-26-16-23-25(17-28(26)39-14-11-22-8-6-13-37(22)2)33-19-34-30(23)35-20-9-10-27(24(31)15-20)40-18-21-7-4-5-12-32-21/h3-5,7,9-10,12,15-17,19,22H,1,6,8,11,13-14,18H2,2H3,(H,36,38)(H,33,34,35)/t22-/m1/s1. The number of benzene rings is 2. The van der Waals surface area contributed by atoms with Crippen molar-refractivity contribution in [1.82, 2.24) is 19.9 Å². The largest absolute Gasteiger partial charge is 0.491 e. The van der Waals surface area contributed by atoms with Gasteiger partial charge in [0.2, 0.25) is 5.91 Å². The van der Waals surface area contributed by atoms with Crippen molar-refractivity contribution in [1.29, 1.82) is 0 Å². The van der Waals surface area contributed by atoms with Gasteiger partial charge in [-0.15, -0.1) is 0 Å². The molecule has 0 radical (unpaired) electrons. The molecule has 1 fully saturated rings. The highest BCUT2D eigenvalue weighted by Gasteiger charge is 2.21. The molecule has 0 aliphatic carbocycles. The van der Waals surface area contributed by atoms with E-state index in [-0.39, 0.29) is 5.91 Å². The number of aromatic nitrogens is 3. The van der Waals surface area contributed by atoms with Crippen LogP contribution in [0.3, 0.4) is 0 Å². The molecule has 3 heterocycles. The Morgan fingerprint density at radius 3 is 2.80 bits per heavy atom. The summed E-state index contributed by atoms with van der Waals surface area (Å²) in [4.78, 5) is 27.7. The van der Waals surface area contributed by atoms with Crippen LogP contribution >= 0.6 is 11.6 Å². The number of rotatable bonds is 11. The first-order chi connectivity index (χ1) is 19.5. The molecular weight excluding hydrogens is 528 g/mol. The molecule has 206 valence electrons. The summed E-state index contributed by atoms with van der Waals surface area (Å²) in [5, 5.41) is 7.31. The number of likely N-dealkylation sites (tertiary alicyclic amines) is 1. The summed E-state index contributed by atoms with van der Waals surface area (Å²) in [6.07, 6.45) is 7.70. The Morgan fingerprint density at radius 2 is 2.05 bits per heavy atom. The van der Waals surface area contributed by atoms with Gasteiger partial charge in [0.05, 0.1) is 28.5 Å². The molecular formula is C30H31ClN6O3. The maximum atomic E-state index is 12.2. The van der Waals surface area contributed by atoms with Crippen LogP contribution in [0.5, 0.6) is 11.5 Å². The van der Waals surface area contributed by atoms with Crippen LogP contribution in [0.2, 0.25) is 5.02 Å². The zero-order valence-electron chi connectivity index (χ0n) is 22.3. The van der Waals surface area contributed by atoms with Crippen molar-refractivity contribution in [3.05, 3.63) is 84.4 Å². The van der Waals surface area contributed by atoms with Gasteiger partial charge in [-0.3, -0.25) is 9.78 Å². The van der Waals surface area contributed by atoms with Crippen LogP contribution in [0, 0.1) is 0 Å². The first-order valence-corrected chi connectivity index (χ1v) is 13.5.